The molecule has 0 radical (unpaired) electrons. The molecule has 1 saturated heterocycles. The van der Waals surface area contributed by atoms with Gasteiger partial charge in [-0.25, -0.2) is 14.6 Å². The first kappa shape index (κ1) is 14.9. The Balaban J connectivity index is 2.05. The number of amides is 4. The third-order valence-corrected chi connectivity index (χ3v) is 4.09. The van der Waals surface area contributed by atoms with Crippen molar-refractivity contribution in [3.8, 4) is 0 Å². The average molecular weight is 424 g/mol. The maximum Gasteiger partial charge on any atom is 0.343 e. The van der Waals surface area contributed by atoms with Gasteiger partial charge in [-0.2, -0.15) is 0 Å². The summed E-state index contributed by atoms with van der Waals surface area (Å²) in [6, 6.07) is 12.6. The van der Waals surface area contributed by atoms with Crippen molar-refractivity contribution >= 4 is 61.1 Å². The van der Waals surface area contributed by atoms with Gasteiger partial charge in [-0.05, 0) is 36.4 Å². The molecule has 0 bridgehead atoms. The summed E-state index contributed by atoms with van der Waals surface area (Å²) in [6.45, 7) is 0. The summed E-state index contributed by atoms with van der Waals surface area (Å²) < 4.78 is 1.41. The Hall–Kier alpha value is -1.99. The minimum atomic E-state index is -0.872. The van der Waals surface area contributed by atoms with Crippen molar-refractivity contribution in [2.24, 2.45) is 0 Å². The van der Waals surface area contributed by atoms with Gasteiger partial charge >= 0.3 is 17.8 Å². The monoisotopic (exact) mass is 422 g/mol. The molecule has 0 aromatic heterocycles. The molecule has 5 nitrogen and oxygen atoms in total. The molecule has 7 heteroatoms. The van der Waals surface area contributed by atoms with Crippen LogP contribution in [0.2, 0.25) is 0 Å². The number of nitrogens with zero attached hydrogens (tertiary/aromatic N) is 2. The zero-order valence-corrected chi connectivity index (χ0v) is 14.2. The number of rotatable bonds is 2. The summed E-state index contributed by atoms with van der Waals surface area (Å²) in [5.41, 5.74) is 0.686. The highest BCUT2D eigenvalue weighted by Crippen LogP contribution is 2.29. The number of carbonyl (C=O) groups is 3. The van der Waals surface area contributed by atoms with E-state index in [0.29, 0.717) is 20.3 Å². The molecule has 0 spiro atoms. The highest BCUT2D eigenvalue weighted by atomic mass is 79.9. The van der Waals surface area contributed by atoms with Gasteiger partial charge in [-0.1, -0.05) is 44.0 Å². The van der Waals surface area contributed by atoms with Crippen LogP contribution >= 0.6 is 31.9 Å². The van der Waals surface area contributed by atoms with Crippen LogP contribution < -0.4 is 9.80 Å². The molecule has 22 heavy (non-hydrogen) atoms. The molecule has 110 valence electrons. The van der Waals surface area contributed by atoms with Gasteiger partial charge in [0.2, 0.25) is 0 Å². The number of imide groups is 2. The van der Waals surface area contributed by atoms with E-state index in [4.69, 9.17) is 0 Å². The van der Waals surface area contributed by atoms with E-state index in [1.54, 1.807) is 48.5 Å². The van der Waals surface area contributed by atoms with Crippen molar-refractivity contribution in [3.63, 3.8) is 0 Å². The number of anilines is 2. The van der Waals surface area contributed by atoms with Crippen LogP contribution in [-0.2, 0) is 9.59 Å². The zero-order valence-electron chi connectivity index (χ0n) is 11.0. The van der Waals surface area contributed by atoms with Gasteiger partial charge < -0.3 is 0 Å². The number of benzene rings is 2. The Morgan fingerprint density at radius 1 is 0.682 bits per heavy atom. The number of halogens is 2. The van der Waals surface area contributed by atoms with Crippen LogP contribution in [0.4, 0.5) is 16.2 Å². The second-order valence-electron chi connectivity index (χ2n) is 4.52. The van der Waals surface area contributed by atoms with Crippen molar-refractivity contribution in [2.45, 2.75) is 0 Å². The average Bonchev–Trinajstić information content (AvgIpc) is 2.69. The lowest BCUT2D eigenvalue weighted by Gasteiger charge is -2.15. The number of hydrogen-bond acceptors (Lipinski definition) is 3. The summed E-state index contributed by atoms with van der Waals surface area (Å²) in [5, 5.41) is 0. The van der Waals surface area contributed by atoms with E-state index in [1.807, 2.05) is 0 Å². The molecular weight excluding hydrogens is 416 g/mol. The first-order valence-corrected chi connectivity index (χ1v) is 7.81. The Morgan fingerprint density at radius 3 is 1.45 bits per heavy atom. The van der Waals surface area contributed by atoms with Crippen molar-refractivity contribution < 1.29 is 14.4 Å². The van der Waals surface area contributed by atoms with Crippen LogP contribution in [-0.4, -0.2) is 17.8 Å². The molecule has 1 aliphatic heterocycles. The number of carbonyl (C=O) groups excluding carboxylic acids is 3. The van der Waals surface area contributed by atoms with Crippen molar-refractivity contribution in [2.75, 3.05) is 9.80 Å². The molecule has 3 rings (SSSR count). The summed E-state index contributed by atoms with van der Waals surface area (Å²) in [7, 11) is 0. The molecule has 0 saturated carbocycles. The third-order valence-electron chi connectivity index (χ3n) is 3.10. The Labute approximate surface area is 142 Å². The lowest BCUT2D eigenvalue weighted by molar-refractivity contribution is -0.133. The van der Waals surface area contributed by atoms with E-state index in [9.17, 15) is 14.4 Å². The summed E-state index contributed by atoms with van der Waals surface area (Å²) in [6.07, 6.45) is 0. The molecule has 1 aliphatic rings. The van der Waals surface area contributed by atoms with E-state index >= 15 is 0 Å². The van der Waals surface area contributed by atoms with E-state index < -0.39 is 17.8 Å². The maximum absolute atomic E-state index is 12.5. The van der Waals surface area contributed by atoms with Crippen molar-refractivity contribution in [1.82, 2.24) is 0 Å². The highest BCUT2D eigenvalue weighted by Gasteiger charge is 2.46. The van der Waals surface area contributed by atoms with Crippen LogP contribution in [0.5, 0.6) is 0 Å². The summed E-state index contributed by atoms with van der Waals surface area (Å²) in [5.74, 6) is -1.74. The van der Waals surface area contributed by atoms with E-state index in [0.717, 1.165) is 9.80 Å². The van der Waals surface area contributed by atoms with Gasteiger partial charge in [0.05, 0.1) is 11.4 Å². The van der Waals surface area contributed by atoms with Gasteiger partial charge in [0.1, 0.15) is 0 Å². The molecule has 0 atom stereocenters. The van der Waals surface area contributed by atoms with Crippen molar-refractivity contribution in [3.05, 3.63) is 57.5 Å². The Bertz CT molecular complexity index is 741. The van der Waals surface area contributed by atoms with Gasteiger partial charge in [0.15, 0.2) is 0 Å². The van der Waals surface area contributed by atoms with Crippen molar-refractivity contribution in [1.29, 1.82) is 0 Å². The minimum absolute atomic E-state index is 0.343. The molecule has 2 aromatic carbocycles. The molecule has 0 unspecified atom stereocenters. The first-order chi connectivity index (χ1) is 10.5. The fraction of sp³-hybridized carbons (Fsp3) is 0. The number of urea groups is 1. The second kappa shape index (κ2) is 5.66. The smallest absolute Gasteiger partial charge is 0.262 e. The van der Waals surface area contributed by atoms with Crippen LogP contribution in [0.3, 0.4) is 0 Å². The van der Waals surface area contributed by atoms with Crippen LogP contribution in [0, 0.1) is 0 Å². The molecule has 1 heterocycles. The van der Waals surface area contributed by atoms with Crippen LogP contribution in [0.25, 0.3) is 0 Å². The highest BCUT2D eigenvalue weighted by molar-refractivity contribution is 9.10. The standard InChI is InChI=1S/C15H8Br2N2O3/c16-9-3-1-5-11(7-9)18-13(20)14(21)19(15(18)22)12-6-2-4-10(17)8-12/h1-8H. The molecule has 0 aliphatic carbocycles. The zero-order chi connectivity index (χ0) is 15.9. The topological polar surface area (TPSA) is 57.7 Å². The van der Waals surface area contributed by atoms with Gasteiger partial charge in [0, 0.05) is 8.95 Å². The van der Waals surface area contributed by atoms with Gasteiger partial charge in [0.25, 0.3) is 0 Å². The normalized spacial score (nSPS) is 14.9. The lowest BCUT2D eigenvalue weighted by Crippen LogP contribution is -2.33. The lowest BCUT2D eigenvalue weighted by atomic mass is 10.3. The predicted octanol–water partition coefficient (Wildman–Crippen LogP) is 3.71. The fourth-order valence-electron chi connectivity index (χ4n) is 2.15. The molecule has 4 amide bonds. The van der Waals surface area contributed by atoms with E-state index in [1.165, 1.54) is 0 Å². The Morgan fingerprint density at radius 2 is 1.09 bits per heavy atom. The van der Waals surface area contributed by atoms with Gasteiger partial charge in [-0.3, -0.25) is 9.59 Å². The summed E-state index contributed by atoms with van der Waals surface area (Å²) in [4.78, 5) is 38.6. The minimum Gasteiger partial charge on any atom is -0.262 e. The van der Waals surface area contributed by atoms with E-state index in [2.05, 4.69) is 31.9 Å². The third kappa shape index (κ3) is 2.46. The largest absolute Gasteiger partial charge is 0.343 e. The van der Waals surface area contributed by atoms with Gasteiger partial charge in [-0.15, -0.1) is 0 Å². The summed E-state index contributed by atoms with van der Waals surface area (Å²) >= 11 is 6.56. The molecule has 0 N–H and O–H groups in total. The first-order valence-electron chi connectivity index (χ1n) is 6.22. The number of hydrogen-bond donors (Lipinski definition) is 0. The maximum atomic E-state index is 12.5. The fourth-order valence-corrected chi connectivity index (χ4v) is 2.93. The Kier molecular flexibility index (Phi) is 3.84. The van der Waals surface area contributed by atoms with Crippen LogP contribution in [0.1, 0.15) is 0 Å². The predicted molar refractivity (Wildman–Crippen MR) is 88.7 cm³/mol. The second-order valence-corrected chi connectivity index (χ2v) is 6.35. The quantitative estimate of drug-likeness (QED) is 0.546. The van der Waals surface area contributed by atoms with E-state index in [-0.39, 0.29) is 0 Å². The van der Waals surface area contributed by atoms with Crippen LogP contribution in [0.15, 0.2) is 57.5 Å². The molecule has 2 aromatic rings. The molecule has 1 fully saturated rings. The molecular formula is C15H8Br2N2O3. The SMILES string of the molecule is O=C1C(=O)N(c2cccc(Br)c2)C(=O)N1c1cccc(Br)c1.